The molecule has 0 aliphatic heterocycles. The van der Waals surface area contributed by atoms with Crippen molar-refractivity contribution >= 4 is 27.7 Å². The third-order valence-electron chi connectivity index (χ3n) is 3.67. The molecule has 0 spiro atoms. The third kappa shape index (κ3) is 4.32. The predicted molar refractivity (Wildman–Crippen MR) is 99.6 cm³/mol. The average molecular weight is 433 g/mol. The zero-order chi connectivity index (χ0) is 19.4. The largest absolute Gasteiger partial charge is 0.497 e. The van der Waals surface area contributed by atoms with Crippen LogP contribution in [0.2, 0.25) is 0 Å². The summed E-state index contributed by atoms with van der Waals surface area (Å²) in [4.78, 5) is 24.3. The first kappa shape index (κ1) is 18.6. The number of ether oxygens (including phenoxy) is 1. The Kier molecular flexibility index (Phi) is 5.51. The number of aromatic nitrogens is 2. The lowest BCUT2D eigenvalue weighted by Crippen LogP contribution is -2.41. The van der Waals surface area contributed by atoms with Crippen LogP contribution in [0, 0.1) is 5.82 Å². The van der Waals surface area contributed by atoms with E-state index in [2.05, 4.69) is 37.0 Å². The van der Waals surface area contributed by atoms with Crippen LogP contribution in [0.15, 0.2) is 53.0 Å². The number of H-pyrrole nitrogens is 1. The maximum atomic E-state index is 13.1. The van der Waals surface area contributed by atoms with Gasteiger partial charge in [-0.2, -0.15) is 5.10 Å². The van der Waals surface area contributed by atoms with Gasteiger partial charge in [-0.1, -0.05) is 0 Å². The van der Waals surface area contributed by atoms with Crippen LogP contribution in [0.25, 0.3) is 11.3 Å². The minimum Gasteiger partial charge on any atom is -0.497 e. The second-order valence-corrected chi connectivity index (χ2v) is 6.28. The van der Waals surface area contributed by atoms with Gasteiger partial charge >= 0.3 is 0 Å². The molecule has 0 atom stereocenters. The fourth-order valence-corrected chi connectivity index (χ4v) is 2.80. The number of hydrazine groups is 1. The normalized spacial score (nSPS) is 10.3. The fourth-order valence-electron chi connectivity index (χ4n) is 2.27. The van der Waals surface area contributed by atoms with Gasteiger partial charge in [0.05, 0.1) is 18.4 Å². The molecule has 138 valence electrons. The highest BCUT2D eigenvalue weighted by molar-refractivity contribution is 9.10. The van der Waals surface area contributed by atoms with Crippen LogP contribution in [-0.2, 0) is 0 Å². The molecular formula is C18H14BrFN4O3. The fraction of sp³-hybridized carbons (Fsp3) is 0.0556. The summed E-state index contributed by atoms with van der Waals surface area (Å²) in [6.45, 7) is 0. The second-order valence-electron chi connectivity index (χ2n) is 5.43. The number of halogens is 2. The molecule has 0 saturated carbocycles. The van der Waals surface area contributed by atoms with Crippen molar-refractivity contribution in [3.05, 3.63) is 70.1 Å². The molecule has 1 heterocycles. The Bertz CT molecular complexity index is 989. The topological polar surface area (TPSA) is 96.1 Å². The molecule has 0 aliphatic carbocycles. The lowest BCUT2D eigenvalue weighted by Gasteiger charge is -2.07. The number of hydrogen-bond acceptors (Lipinski definition) is 4. The maximum Gasteiger partial charge on any atom is 0.287 e. The minimum atomic E-state index is -0.592. The molecule has 3 aromatic rings. The Hall–Kier alpha value is -3.20. The molecule has 0 radical (unpaired) electrons. The van der Waals surface area contributed by atoms with Gasteiger partial charge in [0.25, 0.3) is 11.8 Å². The summed E-state index contributed by atoms with van der Waals surface area (Å²) < 4.78 is 18.5. The van der Waals surface area contributed by atoms with E-state index >= 15 is 0 Å². The highest BCUT2D eigenvalue weighted by Crippen LogP contribution is 2.21. The molecule has 0 fully saturated rings. The number of aromatic amines is 1. The first-order valence-electron chi connectivity index (χ1n) is 7.73. The predicted octanol–water partition coefficient (Wildman–Crippen LogP) is 3.06. The molecule has 2 aromatic carbocycles. The van der Waals surface area contributed by atoms with Crippen LogP contribution in [0.1, 0.15) is 20.8 Å². The first-order valence-corrected chi connectivity index (χ1v) is 8.53. The molecule has 0 aliphatic rings. The summed E-state index contributed by atoms with van der Waals surface area (Å²) in [6, 6.07) is 12.4. The van der Waals surface area contributed by atoms with E-state index in [1.165, 1.54) is 6.07 Å². The van der Waals surface area contributed by atoms with Crippen molar-refractivity contribution in [1.29, 1.82) is 0 Å². The quantitative estimate of drug-likeness (QED) is 0.552. The van der Waals surface area contributed by atoms with E-state index in [1.807, 2.05) is 12.1 Å². The van der Waals surface area contributed by atoms with E-state index in [-0.39, 0.29) is 15.7 Å². The summed E-state index contributed by atoms with van der Waals surface area (Å²) >= 11 is 3.10. The van der Waals surface area contributed by atoms with Gasteiger partial charge in [0.2, 0.25) is 0 Å². The SMILES string of the molecule is COc1ccc(-c2cc(C(=O)NNC(=O)c3ccc(F)cc3Br)[nH]n2)cc1. The number of nitrogens with one attached hydrogen (secondary N) is 3. The number of benzene rings is 2. The molecule has 3 rings (SSSR count). The Balaban J connectivity index is 1.64. The average Bonchev–Trinajstić information content (AvgIpc) is 3.16. The maximum absolute atomic E-state index is 13.1. The third-order valence-corrected chi connectivity index (χ3v) is 4.33. The molecular weight excluding hydrogens is 419 g/mol. The number of nitrogens with zero attached hydrogens (tertiary/aromatic N) is 1. The van der Waals surface area contributed by atoms with Crippen molar-refractivity contribution in [3.8, 4) is 17.0 Å². The molecule has 0 saturated heterocycles. The van der Waals surface area contributed by atoms with E-state index in [0.717, 1.165) is 17.7 Å². The van der Waals surface area contributed by atoms with Gasteiger partial charge < -0.3 is 4.74 Å². The number of hydrogen-bond donors (Lipinski definition) is 3. The Morgan fingerprint density at radius 3 is 2.44 bits per heavy atom. The summed E-state index contributed by atoms with van der Waals surface area (Å²) in [7, 11) is 1.57. The molecule has 1 aromatic heterocycles. The second kappa shape index (κ2) is 8.00. The number of amides is 2. The van der Waals surface area contributed by atoms with Crippen molar-refractivity contribution in [2.45, 2.75) is 0 Å². The summed E-state index contributed by atoms with van der Waals surface area (Å²) in [6.07, 6.45) is 0. The van der Waals surface area contributed by atoms with Crippen LogP contribution >= 0.6 is 15.9 Å². The van der Waals surface area contributed by atoms with Crippen molar-refractivity contribution in [2.24, 2.45) is 0 Å². The van der Waals surface area contributed by atoms with Gasteiger partial charge in [-0.15, -0.1) is 0 Å². The van der Waals surface area contributed by atoms with E-state index in [1.54, 1.807) is 25.3 Å². The molecule has 0 bridgehead atoms. The van der Waals surface area contributed by atoms with E-state index in [0.29, 0.717) is 11.4 Å². The monoisotopic (exact) mass is 432 g/mol. The standard InChI is InChI=1S/C18H14BrFN4O3/c1-27-12-5-2-10(3-6-12)15-9-16(22-21-15)18(26)24-23-17(25)13-7-4-11(20)8-14(13)19/h2-9H,1H3,(H,21,22)(H,23,25)(H,24,26). The van der Waals surface area contributed by atoms with E-state index in [4.69, 9.17) is 4.74 Å². The molecule has 3 N–H and O–H groups in total. The van der Waals surface area contributed by atoms with Crippen LogP contribution in [0.4, 0.5) is 4.39 Å². The Morgan fingerprint density at radius 1 is 1.07 bits per heavy atom. The molecule has 9 heteroatoms. The molecule has 27 heavy (non-hydrogen) atoms. The van der Waals surface area contributed by atoms with Crippen LogP contribution in [0.5, 0.6) is 5.75 Å². The van der Waals surface area contributed by atoms with E-state index in [9.17, 15) is 14.0 Å². The van der Waals surface area contributed by atoms with Crippen LogP contribution in [-0.4, -0.2) is 29.1 Å². The van der Waals surface area contributed by atoms with Crippen molar-refractivity contribution < 1.29 is 18.7 Å². The number of rotatable bonds is 4. The smallest absolute Gasteiger partial charge is 0.287 e. The van der Waals surface area contributed by atoms with Crippen LogP contribution < -0.4 is 15.6 Å². The first-order chi connectivity index (χ1) is 13.0. The van der Waals surface area contributed by atoms with E-state index < -0.39 is 17.6 Å². The summed E-state index contributed by atoms with van der Waals surface area (Å²) in [5.41, 5.74) is 6.25. The highest BCUT2D eigenvalue weighted by Gasteiger charge is 2.14. The molecule has 2 amide bonds. The summed E-state index contributed by atoms with van der Waals surface area (Å²) in [5.74, 6) is -0.938. The van der Waals surface area contributed by atoms with Gasteiger partial charge in [-0.05, 0) is 64.5 Å². The van der Waals surface area contributed by atoms with Gasteiger partial charge in [0.15, 0.2) is 0 Å². The zero-order valence-electron chi connectivity index (χ0n) is 14.0. The molecule has 0 unspecified atom stereocenters. The lowest BCUT2D eigenvalue weighted by atomic mass is 10.1. The Morgan fingerprint density at radius 2 is 1.78 bits per heavy atom. The van der Waals surface area contributed by atoms with Crippen molar-refractivity contribution in [3.63, 3.8) is 0 Å². The van der Waals surface area contributed by atoms with Gasteiger partial charge in [-0.3, -0.25) is 25.5 Å². The zero-order valence-corrected chi connectivity index (χ0v) is 15.6. The van der Waals surface area contributed by atoms with Gasteiger partial charge in [0, 0.05) is 10.0 Å². The van der Waals surface area contributed by atoms with Gasteiger partial charge in [-0.25, -0.2) is 4.39 Å². The number of methoxy groups -OCH3 is 1. The number of carbonyl (C=O) groups is 2. The lowest BCUT2D eigenvalue weighted by molar-refractivity contribution is 0.0843. The van der Waals surface area contributed by atoms with Crippen molar-refractivity contribution in [2.75, 3.05) is 7.11 Å². The summed E-state index contributed by atoms with van der Waals surface area (Å²) in [5, 5.41) is 6.70. The number of carbonyl (C=O) groups excluding carboxylic acids is 2. The minimum absolute atomic E-state index is 0.166. The Labute approximate surface area is 162 Å². The van der Waals surface area contributed by atoms with Crippen molar-refractivity contribution in [1.82, 2.24) is 21.0 Å². The highest BCUT2D eigenvalue weighted by atomic mass is 79.9. The van der Waals surface area contributed by atoms with Gasteiger partial charge in [0.1, 0.15) is 17.3 Å². The van der Waals surface area contributed by atoms with Crippen LogP contribution in [0.3, 0.4) is 0 Å². The molecule has 7 nitrogen and oxygen atoms in total.